The first-order valence-electron chi connectivity index (χ1n) is 7.31. The lowest BCUT2D eigenvalue weighted by Crippen LogP contribution is -2.32. The Balaban J connectivity index is 1.52. The Bertz CT molecular complexity index is 418. The molecule has 2 saturated heterocycles. The summed E-state index contributed by atoms with van der Waals surface area (Å²) >= 11 is 0. The molecule has 20 heavy (non-hydrogen) atoms. The van der Waals surface area contributed by atoms with Crippen LogP contribution in [0.3, 0.4) is 0 Å². The van der Waals surface area contributed by atoms with Gasteiger partial charge in [-0.1, -0.05) is 12.1 Å². The fourth-order valence-electron chi connectivity index (χ4n) is 2.72. The maximum Gasteiger partial charge on any atom is 0.119 e. The summed E-state index contributed by atoms with van der Waals surface area (Å²) in [6.45, 7) is 1.65. The first kappa shape index (κ1) is 13.8. The van der Waals surface area contributed by atoms with Crippen LogP contribution in [-0.4, -0.2) is 37.1 Å². The summed E-state index contributed by atoms with van der Waals surface area (Å²) in [5.74, 6) is 0.883. The molecule has 0 spiro atoms. The van der Waals surface area contributed by atoms with Gasteiger partial charge in [-0.05, 0) is 37.0 Å². The molecule has 0 amide bonds. The van der Waals surface area contributed by atoms with Gasteiger partial charge < -0.3 is 14.6 Å². The molecule has 2 fully saturated rings. The van der Waals surface area contributed by atoms with E-state index in [0.29, 0.717) is 6.61 Å². The maximum atomic E-state index is 9.11. The van der Waals surface area contributed by atoms with Crippen molar-refractivity contribution in [1.82, 2.24) is 10.9 Å². The quantitative estimate of drug-likeness (QED) is 0.754. The number of hydrogen-bond acceptors (Lipinski definition) is 5. The summed E-state index contributed by atoms with van der Waals surface area (Å²) in [5.41, 5.74) is 7.49. The Morgan fingerprint density at radius 1 is 1.25 bits per heavy atom. The zero-order chi connectivity index (χ0) is 13.8. The van der Waals surface area contributed by atoms with E-state index in [9.17, 15) is 0 Å². The van der Waals surface area contributed by atoms with Crippen LogP contribution in [0.1, 0.15) is 30.9 Å². The normalized spacial score (nSPS) is 29.8. The summed E-state index contributed by atoms with van der Waals surface area (Å²) in [6, 6.07) is 8.53. The van der Waals surface area contributed by atoms with E-state index in [-0.39, 0.29) is 24.8 Å². The van der Waals surface area contributed by atoms with Gasteiger partial charge in [0.2, 0.25) is 0 Å². The van der Waals surface area contributed by atoms with Crippen LogP contribution in [0.15, 0.2) is 24.3 Å². The van der Waals surface area contributed by atoms with Crippen LogP contribution in [0.4, 0.5) is 0 Å². The van der Waals surface area contributed by atoms with Crippen LogP contribution in [0.25, 0.3) is 0 Å². The number of benzene rings is 1. The van der Waals surface area contributed by atoms with E-state index in [1.807, 2.05) is 12.1 Å². The van der Waals surface area contributed by atoms with Gasteiger partial charge in [0.25, 0.3) is 0 Å². The second kappa shape index (κ2) is 6.54. The molecule has 1 aromatic rings. The van der Waals surface area contributed by atoms with Crippen LogP contribution in [0.5, 0.6) is 5.75 Å². The van der Waals surface area contributed by atoms with Crippen molar-refractivity contribution in [2.45, 2.75) is 37.5 Å². The summed E-state index contributed by atoms with van der Waals surface area (Å²) in [7, 11) is 0. The molecular weight excluding hydrogens is 256 g/mol. The molecule has 3 unspecified atom stereocenters. The predicted molar refractivity (Wildman–Crippen MR) is 75.4 cm³/mol. The van der Waals surface area contributed by atoms with Gasteiger partial charge in [0, 0.05) is 18.7 Å². The van der Waals surface area contributed by atoms with Gasteiger partial charge in [-0.2, -0.15) is 0 Å². The molecule has 3 N–H and O–H groups in total. The van der Waals surface area contributed by atoms with Crippen LogP contribution < -0.4 is 15.6 Å². The summed E-state index contributed by atoms with van der Waals surface area (Å²) in [4.78, 5) is 0. The lowest BCUT2D eigenvalue weighted by Gasteiger charge is -2.13. The first-order valence-corrected chi connectivity index (χ1v) is 7.31. The number of aliphatic hydroxyl groups excluding tert-OH is 1. The lowest BCUT2D eigenvalue weighted by molar-refractivity contribution is 0.0679. The SMILES string of the molecule is OCC1CC(c2ccc(OCC3CCCO3)cc2)NN1. The third-order valence-electron chi connectivity index (χ3n) is 3.94. The molecule has 2 aliphatic heterocycles. The van der Waals surface area contributed by atoms with Gasteiger partial charge in [0.15, 0.2) is 0 Å². The predicted octanol–water partition coefficient (Wildman–Crippen LogP) is 1.14. The fraction of sp³-hybridized carbons (Fsp3) is 0.600. The molecule has 3 rings (SSSR count). The third-order valence-corrected chi connectivity index (χ3v) is 3.94. The molecule has 0 aromatic heterocycles. The molecule has 0 radical (unpaired) electrons. The molecule has 0 bridgehead atoms. The van der Waals surface area contributed by atoms with Crippen molar-refractivity contribution in [2.75, 3.05) is 19.8 Å². The molecule has 2 aliphatic rings. The lowest BCUT2D eigenvalue weighted by atomic mass is 10.0. The van der Waals surface area contributed by atoms with E-state index in [0.717, 1.165) is 31.6 Å². The van der Waals surface area contributed by atoms with Gasteiger partial charge in [-0.25, -0.2) is 5.43 Å². The molecule has 5 heteroatoms. The van der Waals surface area contributed by atoms with Gasteiger partial charge in [0.05, 0.1) is 12.7 Å². The number of ether oxygens (including phenoxy) is 2. The Kier molecular flexibility index (Phi) is 4.52. The molecule has 0 saturated carbocycles. The van der Waals surface area contributed by atoms with Crippen molar-refractivity contribution in [3.8, 4) is 5.75 Å². The molecule has 0 aliphatic carbocycles. The third kappa shape index (κ3) is 3.30. The minimum atomic E-state index is 0.135. The molecule has 110 valence electrons. The Hall–Kier alpha value is -1.14. The zero-order valence-corrected chi connectivity index (χ0v) is 11.5. The number of hydrazine groups is 1. The van der Waals surface area contributed by atoms with Crippen molar-refractivity contribution in [3.63, 3.8) is 0 Å². The van der Waals surface area contributed by atoms with Crippen molar-refractivity contribution in [3.05, 3.63) is 29.8 Å². The zero-order valence-electron chi connectivity index (χ0n) is 11.5. The maximum absolute atomic E-state index is 9.11. The van der Waals surface area contributed by atoms with Crippen molar-refractivity contribution >= 4 is 0 Å². The van der Waals surface area contributed by atoms with Crippen LogP contribution >= 0.6 is 0 Å². The van der Waals surface area contributed by atoms with Gasteiger partial charge in [-0.15, -0.1) is 0 Å². The monoisotopic (exact) mass is 278 g/mol. The number of rotatable bonds is 5. The Morgan fingerprint density at radius 2 is 2.10 bits per heavy atom. The highest BCUT2D eigenvalue weighted by Gasteiger charge is 2.24. The average Bonchev–Trinajstić information content (AvgIpc) is 3.17. The molecule has 5 nitrogen and oxygen atoms in total. The second-order valence-electron chi connectivity index (χ2n) is 5.47. The van der Waals surface area contributed by atoms with E-state index in [1.54, 1.807) is 0 Å². The van der Waals surface area contributed by atoms with Crippen molar-refractivity contribution in [2.24, 2.45) is 0 Å². The number of nitrogens with one attached hydrogen (secondary N) is 2. The number of hydrogen-bond donors (Lipinski definition) is 3. The summed E-state index contributed by atoms with van der Waals surface area (Å²) in [6.07, 6.45) is 3.38. The van der Waals surface area contributed by atoms with Crippen molar-refractivity contribution < 1.29 is 14.6 Å². The molecule has 2 heterocycles. The Labute approximate surface area is 119 Å². The van der Waals surface area contributed by atoms with Crippen LogP contribution in [-0.2, 0) is 4.74 Å². The van der Waals surface area contributed by atoms with Gasteiger partial charge in [-0.3, -0.25) is 5.43 Å². The fourth-order valence-corrected chi connectivity index (χ4v) is 2.72. The standard InChI is InChI=1S/C15H22N2O3/c18-9-12-8-15(17-16-12)11-3-5-13(6-4-11)20-10-14-2-1-7-19-14/h3-6,12,14-18H,1-2,7-10H2. The molecular formula is C15H22N2O3. The largest absolute Gasteiger partial charge is 0.491 e. The van der Waals surface area contributed by atoms with Crippen LogP contribution in [0.2, 0.25) is 0 Å². The Morgan fingerprint density at radius 3 is 2.75 bits per heavy atom. The van der Waals surface area contributed by atoms with Gasteiger partial charge >= 0.3 is 0 Å². The highest BCUT2D eigenvalue weighted by atomic mass is 16.5. The van der Waals surface area contributed by atoms with E-state index in [1.165, 1.54) is 5.56 Å². The van der Waals surface area contributed by atoms with E-state index in [4.69, 9.17) is 14.6 Å². The highest BCUT2D eigenvalue weighted by Crippen LogP contribution is 2.24. The van der Waals surface area contributed by atoms with E-state index < -0.39 is 0 Å². The molecule has 1 aromatic carbocycles. The average molecular weight is 278 g/mol. The van der Waals surface area contributed by atoms with Gasteiger partial charge in [0.1, 0.15) is 12.4 Å². The highest BCUT2D eigenvalue weighted by molar-refractivity contribution is 5.29. The summed E-state index contributed by atoms with van der Waals surface area (Å²) in [5, 5.41) is 9.11. The summed E-state index contributed by atoms with van der Waals surface area (Å²) < 4.78 is 11.3. The van der Waals surface area contributed by atoms with Crippen molar-refractivity contribution in [1.29, 1.82) is 0 Å². The first-order chi connectivity index (χ1) is 9.85. The second-order valence-corrected chi connectivity index (χ2v) is 5.47. The van der Waals surface area contributed by atoms with E-state index in [2.05, 4.69) is 23.0 Å². The van der Waals surface area contributed by atoms with E-state index >= 15 is 0 Å². The van der Waals surface area contributed by atoms with Crippen LogP contribution in [0, 0.1) is 0 Å². The minimum absolute atomic E-state index is 0.135. The number of aliphatic hydroxyl groups is 1. The minimum Gasteiger partial charge on any atom is -0.491 e. The molecule has 3 atom stereocenters. The topological polar surface area (TPSA) is 62.8 Å². The smallest absolute Gasteiger partial charge is 0.119 e.